The number of anilines is 1. The third-order valence-corrected chi connectivity index (χ3v) is 5.16. The molecule has 2 aromatic carbocycles. The molecule has 0 saturated carbocycles. The van der Waals surface area contributed by atoms with E-state index in [1.807, 2.05) is 36.4 Å². The van der Waals surface area contributed by atoms with E-state index in [2.05, 4.69) is 34.6 Å². The summed E-state index contributed by atoms with van der Waals surface area (Å²) < 4.78 is 5.51. The number of aliphatic imine (C=N–C) groups is 1. The predicted molar refractivity (Wildman–Crippen MR) is 133 cm³/mol. The Morgan fingerprint density at radius 1 is 1.21 bits per heavy atom. The van der Waals surface area contributed by atoms with Crippen molar-refractivity contribution in [3.05, 3.63) is 59.1 Å². The molecule has 1 fully saturated rings. The molecule has 2 aromatic rings. The lowest BCUT2D eigenvalue weighted by Gasteiger charge is -2.21. The first-order valence-electron chi connectivity index (χ1n) is 9.84. The van der Waals surface area contributed by atoms with Gasteiger partial charge in [0.25, 0.3) is 0 Å². The van der Waals surface area contributed by atoms with Crippen molar-refractivity contribution in [1.29, 1.82) is 0 Å². The summed E-state index contributed by atoms with van der Waals surface area (Å²) in [5.74, 6) is 2.35. The highest BCUT2D eigenvalue weighted by Gasteiger charge is 2.24. The summed E-state index contributed by atoms with van der Waals surface area (Å²) in [7, 11) is 1.73. The first-order valence-corrected chi connectivity index (χ1v) is 10.2. The fourth-order valence-corrected chi connectivity index (χ4v) is 3.71. The molecule has 0 spiro atoms. The van der Waals surface area contributed by atoms with Gasteiger partial charge in [-0.1, -0.05) is 35.9 Å². The van der Waals surface area contributed by atoms with Crippen LogP contribution in [0.2, 0.25) is 5.02 Å². The van der Waals surface area contributed by atoms with Crippen LogP contribution in [0.4, 0.5) is 5.69 Å². The number of guanidine groups is 1. The van der Waals surface area contributed by atoms with E-state index < -0.39 is 0 Å². The molecular formula is C22H30ClIN4O. The molecule has 158 valence electrons. The molecule has 7 heteroatoms. The van der Waals surface area contributed by atoms with Crippen LogP contribution in [0.25, 0.3) is 0 Å². The monoisotopic (exact) mass is 528 g/mol. The number of nitrogens with zero attached hydrogens (tertiary/aromatic N) is 2. The van der Waals surface area contributed by atoms with Gasteiger partial charge in [0, 0.05) is 31.2 Å². The van der Waals surface area contributed by atoms with Gasteiger partial charge in [-0.15, -0.1) is 24.0 Å². The second kappa shape index (κ2) is 12.1. The van der Waals surface area contributed by atoms with Gasteiger partial charge in [-0.2, -0.15) is 0 Å². The lowest BCUT2D eigenvalue weighted by molar-refractivity contribution is 0.414. The molecule has 1 atom stereocenters. The third-order valence-electron chi connectivity index (χ3n) is 4.92. The van der Waals surface area contributed by atoms with E-state index in [4.69, 9.17) is 21.3 Å². The third kappa shape index (κ3) is 6.96. The van der Waals surface area contributed by atoms with E-state index in [9.17, 15) is 0 Å². The highest BCUT2D eigenvalue weighted by molar-refractivity contribution is 14.0. The number of hydrogen-bond acceptors (Lipinski definition) is 3. The van der Waals surface area contributed by atoms with Crippen molar-refractivity contribution in [1.82, 2.24) is 10.6 Å². The number of methoxy groups -OCH3 is 1. The van der Waals surface area contributed by atoms with Gasteiger partial charge < -0.3 is 20.3 Å². The number of nitrogens with one attached hydrogen (secondary N) is 2. The van der Waals surface area contributed by atoms with E-state index in [1.165, 1.54) is 5.69 Å². The zero-order chi connectivity index (χ0) is 19.8. The normalized spacial score (nSPS) is 16.3. The van der Waals surface area contributed by atoms with Gasteiger partial charge in [-0.25, -0.2) is 4.99 Å². The van der Waals surface area contributed by atoms with Crippen molar-refractivity contribution in [3.63, 3.8) is 0 Å². The summed E-state index contributed by atoms with van der Waals surface area (Å²) >= 11 is 6.06. The van der Waals surface area contributed by atoms with Gasteiger partial charge in [0.15, 0.2) is 5.96 Å². The van der Waals surface area contributed by atoms with Crippen LogP contribution in [-0.4, -0.2) is 39.2 Å². The molecule has 29 heavy (non-hydrogen) atoms. The SMILES string of the molecule is CCNC(=NCc1cccc(Cl)c1)NCC1CCN(c2ccccc2OC)C1.I. The number of halogens is 2. The highest BCUT2D eigenvalue weighted by Crippen LogP contribution is 2.31. The fourth-order valence-electron chi connectivity index (χ4n) is 3.50. The van der Waals surface area contributed by atoms with Gasteiger partial charge in [0.2, 0.25) is 0 Å². The maximum absolute atomic E-state index is 6.06. The minimum absolute atomic E-state index is 0. The summed E-state index contributed by atoms with van der Waals surface area (Å²) in [6.45, 7) is 6.47. The lowest BCUT2D eigenvalue weighted by atomic mass is 10.1. The molecule has 1 aliphatic rings. The summed E-state index contributed by atoms with van der Waals surface area (Å²) in [4.78, 5) is 7.10. The molecule has 1 unspecified atom stereocenters. The number of ether oxygens (including phenoxy) is 1. The van der Waals surface area contributed by atoms with E-state index in [0.717, 1.165) is 54.9 Å². The first-order chi connectivity index (χ1) is 13.7. The van der Waals surface area contributed by atoms with Crippen molar-refractivity contribution < 1.29 is 4.74 Å². The smallest absolute Gasteiger partial charge is 0.191 e. The Hall–Kier alpha value is -1.67. The van der Waals surface area contributed by atoms with Crippen LogP contribution >= 0.6 is 35.6 Å². The molecule has 0 amide bonds. The van der Waals surface area contributed by atoms with Crippen molar-refractivity contribution >= 4 is 47.2 Å². The Balaban J connectivity index is 0.00000300. The minimum Gasteiger partial charge on any atom is -0.495 e. The van der Waals surface area contributed by atoms with Crippen LogP contribution < -0.4 is 20.3 Å². The molecular weight excluding hydrogens is 499 g/mol. The van der Waals surface area contributed by atoms with E-state index in [0.29, 0.717) is 12.5 Å². The zero-order valence-electron chi connectivity index (χ0n) is 17.0. The van der Waals surface area contributed by atoms with Crippen molar-refractivity contribution in [3.8, 4) is 5.75 Å². The highest BCUT2D eigenvalue weighted by atomic mass is 127. The number of rotatable bonds is 7. The molecule has 2 N–H and O–H groups in total. The van der Waals surface area contributed by atoms with Crippen molar-refractivity contribution in [2.24, 2.45) is 10.9 Å². The minimum atomic E-state index is 0. The van der Waals surface area contributed by atoms with Gasteiger partial charge >= 0.3 is 0 Å². The van der Waals surface area contributed by atoms with Crippen LogP contribution in [-0.2, 0) is 6.54 Å². The van der Waals surface area contributed by atoms with Crippen molar-refractivity contribution in [2.45, 2.75) is 19.9 Å². The van der Waals surface area contributed by atoms with Crippen LogP contribution in [0.15, 0.2) is 53.5 Å². The molecule has 3 rings (SSSR count). The van der Waals surface area contributed by atoms with E-state index >= 15 is 0 Å². The van der Waals surface area contributed by atoms with Crippen LogP contribution in [0.1, 0.15) is 18.9 Å². The van der Waals surface area contributed by atoms with Crippen molar-refractivity contribution in [2.75, 3.05) is 38.2 Å². The zero-order valence-corrected chi connectivity index (χ0v) is 20.1. The average molecular weight is 529 g/mol. The van der Waals surface area contributed by atoms with Gasteiger partial charge in [0.05, 0.1) is 19.3 Å². The molecule has 5 nitrogen and oxygen atoms in total. The number of benzene rings is 2. The van der Waals surface area contributed by atoms with Crippen LogP contribution in [0, 0.1) is 5.92 Å². The first kappa shape index (κ1) is 23.6. The molecule has 1 heterocycles. The van der Waals surface area contributed by atoms with E-state index in [1.54, 1.807) is 7.11 Å². The summed E-state index contributed by atoms with van der Waals surface area (Å²) in [5, 5.41) is 7.56. The Morgan fingerprint density at radius 3 is 2.79 bits per heavy atom. The molecule has 0 radical (unpaired) electrons. The molecule has 1 aliphatic heterocycles. The predicted octanol–water partition coefficient (Wildman–Crippen LogP) is 4.55. The molecule has 0 aliphatic carbocycles. The second-order valence-corrected chi connectivity index (χ2v) is 7.41. The Labute approximate surface area is 195 Å². The number of para-hydroxylation sites is 2. The summed E-state index contributed by atoms with van der Waals surface area (Å²) in [6.07, 6.45) is 1.15. The Morgan fingerprint density at radius 2 is 2.03 bits per heavy atom. The summed E-state index contributed by atoms with van der Waals surface area (Å²) in [5.41, 5.74) is 2.28. The maximum atomic E-state index is 6.06. The summed E-state index contributed by atoms with van der Waals surface area (Å²) in [6, 6.07) is 16.1. The standard InChI is InChI=1S/C22H29ClN4O.HI/c1-3-24-22(25-14-17-7-6-8-19(23)13-17)26-15-18-11-12-27(16-18)20-9-4-5-10-21(20)28-2;/h4-10,13,18H,3,11-12,14-16H2,1-2H3,(H2,24,25,26);1H. The largest absolute Gasteiger partial charge is 0.495 e. The fraction of sp³-hybridized carbons (Fsp3) is 0.409. The molecule has 0 bridgehead atoms. The van der Waals surface area contributed by atoms with Gasteiger partial charge in [-0.3, -0.25) is 0 Å². The average Bonchev–Trinajstić information content (AvgIpc) is 3.19. The van der Waals surface area contributed by atoms with Gasteiger partial charge in [0.1, 0.15) is 5.75 Å². The quantitative estimate of drug-likeness (QED) is 0.315. The molecule has 1 saturated heterocycles. The van der Waals surface area contributed by atoms with E-state index in [-0.39, 0.29) is 24.0 Å². The second-order valence-electron chi connectivity index (χ2n) is 6.98. The Kier molecular flexibility index (Phi) is 9.87. The lowest BCUT2D eigenvalue weighted by Crippen LogP contribution is -2.40. The Bertz CT molecular complexity index is 802. The van der Waals surface area contributed by atoms with Crippen LogP contribution in [0.5, 0.6) is 5.75 Å². The van der Waals surface area contributed by atoms with Gasteiger partial charge in [-0.05, 0) is 49.1 Å². The maximum Gasteiger partial charge on any atom is 0.191 e. The molecule has 0 aromatic heterocycles. The number of hydrogen-bond donors (Lipinski definition) is 2. The van der Waals surface area contributed by atoms with Crippen LogP contribution in [0.3, 0.4) is 0 Å². The topological polar surface area (TPSA) is 48.9 Å².